The molecule has 2 heterocycles. The molecule has 0 radical (unpaired) electrons. The molecule has 1 aliphatic heterocycles. The third kappa shape index (κ3) is 2.78. The molecule has 1 aromatic heterocycles. The standard InChI is InChI=1S/C12H19N3O6/c1-20-5-3-12(19)9(17)7(6-16)21-10(12)15-4-2-8(13)14-11(15)18/h2,4,7,9-10,16-17,19H,3,5-6H2,1H3,(H2,13,14,18)/t7-,9-,10-,12-/m1/s1. The van der Waals surface area contributed by atoms with Gasteiger partial charge >= 0.3 is 5.69 Å². The smallest absolute Gasteiger partial charge is 0.351 e. The van der Waals surface area contributed by atoms with Crippen molar-refractivity contribution in [3.05, 3.63) is 22.7 Å². The maximum absolute atomic E-state index is 11.9. The van der Waals surface area contributed by atoms with E-state index in [0.29, 0.717) is 0 Å². The zero-order valence-electron chi connectivity index (χ0n) is 11.5. The van der Waals surface area contributed by atoms with Crippen LogP contribution in [0.3, 0.4) is 0 Å². The number of aliphatic hydroxyl groups is 3. The number of hydrogen-bond donors (Lipinski definition) is 4. The van der Waals surface area contributed by atoms with Gasteiger partial charge in [-0.1, -0.05) is 0 Å². The first kappa shape index (κ1) is 15.9. The summed E-state index contributed by atoms with van der Waals surface area (Å²) >= 11 is 0. The molecule has 118 valence electrons. The van der Waals surface area contributed by atoms with Gasteiger partial charge in [0.1, 0.15) is 23.6 Å². The Balaban J connectivity index is 2.41. The van der Waals surface area contributed by atoms with E-state index in [2.05, 4.69) is 4.98 Å². The van der Waals surface area contributed by atoms with Gasteiger partial charge in [-0.25, -0.2) is 4.79 Å². The van der Waals surface area contributed by atoms with Crippen LogP contribution >= 0.6 is 0 Å². The molecule has 5 N–H and O–H groups in total. The molecule has 0 aromatic carbocycles. The molecular formula is C12H19N3O6. The van der Waals surface area contributed by atoms with Gasteiger partial charge in [0.25, 0.3) is 0 Å². The number of nitrogen functional groups attached to an aromatic ring is 1. The molecule has 0 aliphatic carbocycles. The van der Waals surface area contributed by atoms with Crippen LogP contribution in [0.1, 0.15) is 12.6 Å². The molecule has 0 spiro atoms. The lowest BCUT2D eigenvalue weighted by molar-refractivity contribution is -0.122. The largest absolute Gasteiger partial charge is 0.394 e. The molecule has 21 heavy (non-hydrogen) atoms. The second-order valence-corrected chi connectivity index (χ2v) is 4.93. The van der Waals surface area contributed by atoms with E-state index in [-0.39, 0.29) is 18.8 Å². The average Bonchev–Trinajstić information content (AvgIpc) is 2.70. The van der Waals surface area contributed by atoms with Crippen molar-refractivity contribution < 1.29 is 24.8 Å². The third-order valence-corrected chi connectivity index (χ3v) is 3.59. The van der Waals surface area contributed by atoms with Gasteiger partial charge in [-0.15, -0.1) is 0 Å². The highest BCUT2D eigenvalue weighted by Gasteiger charge is 2.55. The zero-order valence-corrected chi connectivity index (χ0v) is 11.5. The van der Waals surface area contributed by atoms with Crippen LogP contribution in [0.25, 0.3) is 0 Å². The summed E-state index contributed by atoms with van der Waals surface area (Å²) in [6.07, 6.45) is -2.24. The lowest BCUT2D eigenvalue weighted by atomic mass is 9.90. The molecule has 0 unspecified atom stereocenters. The molecule has 0 saturated carbocycles. The Bertz CT molecular complexity index is 550. The van der Waals surface area contributed by atoms with Crippen LogP contribution in [0.2, 0.25) is 0 Å². The number of aliphatic hydroxyl groups excluding tert-OH is 2. The van der Waals surface area contributed by atoms with E-state index < -0.39 is 36.3 Å². The monoisotopic (exact) mass is 301 g/mol. The van der Waals surface area contributed by atoms with Crippen molar-refractivity contribution in [3.8, 4) is 0 Å². The van der Waals surface area contributed by atoms with E-state index in [9.17, 15) is 20.1 Å². The fourth-order valence-electron chi connectivity index (χ4n) is 2.42. The minimum absolute atomic E-state index is 0.0165. The summed E-state index contributed by atoms with van der Waals surface area (Å²) in [7, 11) is 1.45. The predicted molar refractivity (Wildman–Crippen MR) is 71.4 cm³/mol. The molecule has 9 nitrogen and oxygen atoms in total. The Kier molecular flexibility index (Phi) is 4.59. The van der Waals surface area contributed by atoms with Gasteiger partial charge in [0.2, 0.25) is 0 Å². The SMILES string of the molecule is COCC[C@@]1(O)[C@H](O)[C@@H](CO)O[C@H]1n1ccc(N)nc1=O. The normalized spacial score (nSPS) is 32.5. The summed E-state index contributed by atoms with van der Waals surface area (Å²) in [5.41, 5.74) is 2.91. The number of ether oxygens (including phenoxy) is 2. The van der Waals surface area contributed by atoms with Gasteiger partial charge in [0.05, 0.1) is 6.61 Å². The molecule has 1 saturated heterocycles. The van der Waals surface area contributed by atoms with Crippen LogP contribution < -0.4 is 11.4 Å². The Hall–Kier alpha value is -1.52. The van der Waals surface area contributed by atoms with E-state index in [1.165, 1.54) is 19.4 Å². The van der Waals surface area contributed by atoms with E-state index in [1.54, 1.807) is 0 Å². The number of aromatic nitrogens is 2. The van der Waals surface area contributed by atoms with Gasteiger partial charge in [0, 0.05) is 26.3 Å². The Morgan fingerprint density at radius 1 is 1.62 bits per heavy atom. The van der Waals surface area contributed by atoms with Crippen LogP contribution in [0, 0.1) is 0 Å². The maximum Gasteiger partial charge on any atom is 0.351 e. The number of anilines is 1. The molecule has 1 aromatic rings. The number of nitrogens with zero attached hydrogens (tertiary/aromatic N) is 2. The molecule has 1 aliphatic rings. The number of rotatable bonds is 5. The van der Waals surface area contributed by atoms with Crippen molar-refractivity contribution >= 4 is 5.82 Å². The van der Waals surface area contributed by atoms with Crippen molar-refractivity contribution in [1.29, 1.82) is 0 Å². The van der Waals surface area contributed by atoms with E-state index in [1.807, 2.05) is 0 Å². The van der Waals surface area contributed by atoms with Gasteiger partial charge in [-0.3, -0.25) is 4.57 Å². The van der Waals surface area contributed by atoms with Crippen molar-refractivity contribution in [1.82, 2.24) is 9.55 Å². The summed E-state index contributed by atoms with van der Waals surface area (Å²) in [6.45, 7) is -0.354. The van der Waals surface area contributed by atoms with Crippen LogP contribution in [0.5, 0.6) is 0 Å². The number of methoxy groups -OCH3 is 1. The van der Waals surface area contributed by atoms with Gasteiger partial charge in [0.15, 0.2) is 6.23 Å². The van der Waals surface area contributed by atoms with E-state index >= 15 is 0 Å². The van der Waals surface area contributed by atoms with Gasteiger partial charge in [-0.05, 0) is 6.07 Å². The first-order valence-corrected chi connectivity index (χ1v) is 6.44. The van der Waals surface area contributed by atoms with Crippen molar-refractivity contribution in [2.24, 2.45) is 0 Å². The van der Waals surface area contributed by atoms with Crippen molar-refractivity contribution in [2.75, 3.05) is 26.1 Å². The molecule has 4 atom stereocenters. The Labute approximate surface area is 120 Å². The van der Waals surface area contributed by atoms with E-state index in [4.69, 9.17) is 15.2 Å². The second-order valence-electron chi connectivity index (χ2n) is 4.93. The molecule has 2 rings (SSSR count). The van der Waals surface area contributed by atoms with Crippen LogP contribution in [0.4, 0.5) is 5.82 Å². The fourth-order valence-corrected chi connectivity index (χ4v) is 2.42. The Morgan fingerprint density at radius 2 is 2.33 bits per heavy atom. The number of nitrogens with two attached hydrogens (primary N) is 1. The highest BCUT2D eigenvalue weighted by molar-refractivity contribution is 5.24. The van der Waals surface area contributed by atoms with Crippen LogP contribution in [-0.4, -0.2) is 63.0 Å². The van der Waals surface area contributed by atoms with Crippen LogP contribution in [0.15, 0.2) is 17.1 Å². The Morgan fingerprint density at radius 3 is 2.90 bits per heavy atom. The lowest BCUT2D eigenvalue weighted by Gasteiger charge is -2.31. The molecule has 1 fully saturated rings. The van der Waals surface area contributed by atoms with Crippen molar-refractivity contribution in [2.45, 2.75) is 30.5 Å². The molecule has 0 bridgehead atoms. The minimum Gasteiger partial charge on any atom is -0.394 e. The highest BCUT2D eigenvalue weighted by atomic mass is 16.6. The summed E-state index contributed by atoms with van der Waals surface area (Å²) in [5, 5.41) is 30.1. The zero-order chi connectivity index (χ0) is 15.6. The first-order valence-electron chi connectivity index (χ1n) is 6.44. The van der Waals surface area contributed by atoms with Gasteiger partial charge in [-0.2, -0.15) is 4.98 Å². The minimum atomic E-state index is -1.79. The maximum atomic E-state index is 11.9. The summed E-state index contributed by atoms with van der Waals surface area (Å²) in [4.78, 5) is 15.5. The number of hydrogen-bond acceptors (Lipinski definition) is 8. The van der Waals surface area contributed by atoms with Gasteiger partial charge < -0.3 is 30.5 Å². The quantitative estimate of drug-likeness (QED) is 0.482. The predicted octanol–water partition coefficient (Wildman–Crippen LogP) is -2.16. The molecule has 9 heteroatoms. The summed E-state index contributed by atoms with van der Waals surface area (Å²) < 4.78 is 11.4. The second kappa shape index (κ2) is 6.08. The fraction of sp³-hybridized carbons (Fsp3) is 0.667. The molecular weight excluding hydrogens is 282 g/mol. The van der Waals surface area contributed by atoms with Crippen molar-refractivity contribution in [3.63, 3.8) is 0 Å². The average molecular weight is 301 g/mol. The summed E-state index contributed by atoms with van der Waals surface area (Å²) in [6, 6.07) is 1.38. The lowest BCUT2D eigenvalue weighted by Crippen LogP contribution is -2.49. The van der Waals surface area contributed by atoms with E-state index in [0.717, 1.165) is 4.57 Å². The molecule has 0 amide bonds. The summed E-state index contributed by atoms with van der Waals surface area (Å²) in [5.74, 6) is 0.0361. The highest BCUT2D eigenvalue weighted by Crippen LogP contribution is 2.40. The van der Waals surface area contributed by atoms with Crippen LogP contribution in [-0.2, 0) is 9.47 Å². The topological polar surface area (TPSA) is 140 Å². The third-order valence-electron chi connectivity index (χ3n) is 3.59. The first-order chi connectivity index (χ1) is 9.93.